The second-order valence-electron chi connectivity index (χ2n) is 9.43. The lowest BCUT2D eigenvalue weighted by Crippen LogP contribution is -2.43. The van der Waals surface area contributed by atoms with Gasteiger partial charge in [0.15, 0.2) is 9.84 Å². The van der Waals surface area contributed by atoms with Gasteiger partial charge in [0.1, 0.15) is 5.82 Å². The van der Waals surface area contributed by atoms with Gasteiger partial charge in [0.25, 0.3) is 5.91 Å². The predicted octanol–water partition coefficient (Wildman–Crippen LogP) is 4.76. The summed E-state index contributed by atoms with van der Waals surface area (Å²) >= 11 is 6.02. The molecule has 3 fully saturated rings. The predicted molar refractivity (Wildman–Crippen MR) is 112 cm³/mol. The standard InChI is InChI=1S/C22H29ClFNO3S/c23-20-11-17(24)5-6-19(20)21(26)25-14-22(12-15-1-2-15)9-7-18(8-10-22)29(27,28)13-16-3-4-16/h5-6,11,15-16,18H,1-4,7-10,12-14H2,(H,25,26). The lowest BCUT2D eigenvalue weighted by Gasteiger charge is -2.40. The molecule has 0 radical (unpaired) electrons. The molecule has 0 atom stereocenters. The number of nitrogens with one attached hydrogen (secondary N) is 1. The van der Waals surface area contributed by atoms with Gasteiger partial charge in [-0.05, 0) is 80.4 Å². The molecule has 0 aliphatic heterocycles. The van der Waals surface area contributed by atoms with Gasteiger partial charge in [-0.15, -0.1) is 0 Å². The van der Waals surface area contributed by atoms with Crippen molar-refractivity contribution in [3.8, 4) is 0 Å². The van der Waals surface area contributed by atoms with Crippen LogP contribution >= 0.6 is 11.6 Å². The summed E-state index contributed by atoms with van der Waals surface area (Å²) in [5.74, 6) is 0.669. The minimum Gasteiger partial charge on any atom is -0.351 e. The normalized spacial score (nSPS) is 27.6. The van der Waals surface area contributed by atoms with Crippen molar-refractivity contribution in [2.45, 2.75) is 63.0 Å². The van der Waals surface area contributed by atoms with Gasteiger partial charge in [0, 0.05) is 6.54 Å². The summed E-state index contributed by atoms with van der Waals surface area (Å²) in [5.41, 5.74) is 0.227. The molecule has 4 nitrogen and oxygen atoms in total. The van der Waals surface area contributed by atoms with Gasteiger partial charge in [-0.3, -0.25) is 4.79 Å². The second-order valence-corrected chi connectivity index (χ2v) is 12.2. The molecule has 3 aliphatic rings. The maximum atomic E-state index is 13.2. The second kappa shape index (κ2) is 8.18. The zero-order chi connectivity index (χ0) is 20.6. The fourth-order valence-corrected chi connectivity index (χ4v) is 7.21. The number of rotatable bonds is 8. The van der Waals surface area contributed by atoms with Crippen molar-refractivity contribution < 1.29 is 17.6 Å². The largest absolute Gasteiger partial charge is 0.351 e. The number of benzene rings is 1. The van der Waals surface area contributed by atoms with Gasteiger partial charge in [0.05, 0.1) is 21.6 Å². The molecule has 0 heterocycles. The van der Waals surface area contributed by atoms with Gasteiger partial charge in [-0.25, -0.2) is 12.8 Å². The van der Waals surface area contributed by atoms with Crippen molar-refractivity contribution in [1.82, 2.24) is 5.32 Å². The Morgan fingerprint density at radius 3 is 2.34 bits per heavy atom. The van der Waals surface area contributed by atoms with E-state index in [4.69, 9.17) is 11.6 Å². The van der Waals surface area contributed by atoms with E-state index in [9.17, 15) is 17.6 Å². The van der Waals surface area contributed by atoms with Crippen LogP contribution in [0.3, 0.4) is 0 Å². The van der Waals surface area contributed by atoms with Crippen LogP contribution < -0.4 is 5.32 Å². The van der Waals surface area contributed by atoms with Crippen molar-refractivity contribution in [3.05, 3.63) is 34.6 Å². The highest BCUT2D eigenvalue weighted by atomic mass is 35.5. The smallest absolute Gasteiger partial charge is 0.252 e. The molecule has 1 N–H and O–H groups in total. The molecule has 0 aromatic heterocycles. The number of carbonyl (C=O) groups excluding carboxylic acids is 1. The van der Waals surface area contributed by atoms with Crippen molar-refractivity contribution in [1.29, 1.82) is 0 Å². The Kier molecular flexibility index (Phi) is 5.95. The Morgan fingerprint density at radius 1 is 1.10 bits per heavy atom. The van der Waals surface area contributed by atoms with Crippen LogP contribution in [0.4, 0.5) is 4.39 Å². The monoisotopic (exact) mass is 441 g/mol. The lowest BCUT2D eigenvalue weighted by atomic mass is 9.70. The quantitative estimate of drug-likeness (QED) is 0.632. The van der Waals surface area contributed by atoms with Gasteiger partial charge in [-0.1, -0.05) is 24.4 Å². The summed E-state index contributed by atoms with van der Waals surface area (Å²) in [4.78, 5) is 12.6. The van der Waals surface area contributed by atoms with Crippen LogP contribution in [0.25, 0.3) is 0 Å². The van der Waals surface area contributed by atoms with Gasteiger partial charge < -0.3 is 5.32 Å². The Labute approximate surface area is 177 Å². The number of carbonyl (C=O) groups is 1. The van der Waals surface area contributed by atoms with Crippen molar-refractivity contribution in [2.24, 2.45) is 17.3 Å². The Bertz CT molecular complexity index is 872. The minimum atomic E-state index is -3.01. The van der Waals surface area contributed by atoms with Crippen LogP contribution in [0.5, 0.6) is 0 Å². The molecule has 0 spiro atoms. The molecule has 29 heavy (non-hydrogen) atoms. The highest BCUT2D eigenvalue weighted by Crippen LogP contribution is 2.48. The minimum absolute atomic E-state index is 0.0467. The zero-order valence-corrected chi connectivity index (χ0v) is 18.2. The first-order valence-corrected chi connectivity index (χ1v) is 12.8. The van der Waals surface area contributed by atoms with E-state index in [1.54, 1.807) is 0 Å². The molecule has 7 heteroatoms. The molecule has 0 unspecified atom stereocenters. The van der Waals surface area contributed by atoms with Crippen LogP contribution in [0.15, 0.2) is 18.2 Å². The Balaban J connectivity index is 1.39. The average molecular weight is 442 g/mol. The van der Waals surface area contributed by atoms with Gasteiger partial charge in [0.2, 0.25) is 0 Å². The number of amides is 1. The maximum Gasteiger partial charge on any atom is 0.252 e. The van der Waals surface area contributed by atoms with E-state index in [-0.39, 0.29) is 27.2 Å². The van der Waals surface area contributed by atoms with Crippen LogP contribution in [-0.2, 0) is 9.84 Å². The molecule has 160 valence electrons. The van der Waals surface area contributed by atoms with Crippen molar-refractivity contribution >= 4 is 27.3 Å². The maximum absolute atomic E-state index is 13.2. The highest BCUT2D eigenvalue weighted by molar-refractivity contribution is 7.92. The number of sulfone groups is 1. The molecule has 3 saturated carbocycles. The molecule has 1 aromatic carbocycles. The van der Waals surface area contributed by atoms with Crippen LogP contribution in [0.2, 0.25) is 5.02 Å². The van der Waals surface area contributed by atoms with Gasteiger partial charge in [-0.2, -0.15) is 0 Å². The van der Waals surface area contributed by atoms with Gasteiger partial charge >= 0.3 is 0 Å². The summed E-state index contributed by atoms with van der Waals surface area (Å²) in [7, 11) is -3.01. The summed E-state index contributed by atoms with van der Waals surface area (Å²) in [6.45, 7) is 0.519. The van der Waals surface area contributed by atoms with Crippen molar-refractivity contribution in [3.63, 3.8) is 0 Å². The fraction of sp³-hybridized carbons (Fsp3) is 0.682. The number of hydrogen-bond donors (Lipinski definition) is 1. The summed E-state index contributed by atoms with van der Waals surface area (Å²) in [5, 5.41) is 2.88. The molecule has 1 amide bonds. The Morgan fingerprint density at radius 2 is 1.76 bits per heavy atom. The third kappa shape index (κ3) is 5.32. The summed E-state index contributed by atoms with van der Waals surface area (Å²) < 4.78 is 38.6. The molecular formula is C22H29ClFNO3S. The number of hydrogen-bond acceptors (Lipinski definition) is 3. The fourth-order valence-electron chi connectivity index (χ4n) is 4.74. The van der Waals surface area contributed by atoms with Crippen molar-refractivity contribution in [2.75, 3.05) is 12.3 Å². The molecule has 0 bridgehead atoms. The molecule has 4 rings (SSSR count). The van der Waals surface area contributed by atoms with E-state index in [0.29, 0.717) is 37.0 Å². The number of halogens is 2. The van der Waals surface area contributed by atoms with E-state index in [0.717, 1.165) is 38.2 Å². The molecule has 3 aliphatic carbocycles. The van der Waals surface area contributed by atoms with E-state index in [1.807, 2.05) is 0 Å². The topological polar surface area (TPSA) is 63.2 Å². The van der Waals surface area contributed by atoms with E-state index in [2.05, 4.69) is 5.32 Å². The molecule has 0 saturated heterocycles. The SMILES string of the molecule is O=C(NCC1(CC2CC2)CCC(S(=O)(=O)CC2CC2)CC1)c1ccc(F)cc1Cl. The zero-order valence-electron chi connectivity index (χ0n) is 16.6. The highest BCUT2D eigenvalue weighted by Gasteiger charge is 2.43. The first-order valence-electron chi connectivity index (χ1n) is 10.7. The molecular weight excluding hydrogens is 413 g/mol. The average Bonchev–Trinajstić information content (AvgIpc) is 3.58. The van der Waals surface area contributed by atoms with Crippen LogP contribution in [-0.4, -0.2) is 31.9 Å². The van der Waals surface area contributed by atoms with E-state index in [1.165, 1.54) is 25.0 Å². The Hall–Kier alpha value is -1.14. The lowest BCUT2D eigenvalue weighted by molar-refractivity contribution is 0.0895. The third-order valence-corrected chi connectivity index (χ3v) is 9.62. The van der Waals surface area contributed by atoms with Crippen LogP contribution in [0.1, 0.15) is 68.1 Å². The third-order valence-electron chi connectivity index (χ3n) is 6.88. The van der Waals surface area contributed by atoms with E-state index < -0.39 is 15.7 Å². The summed E-state index contributed by atoms with van der Waals surface area (Å²) in [6, 6.07) is 3.78. The molecule has 1 aromatic rings. The summed E-state index contributed by atoms with van der Waals surface area (Å²) in [6.07, 6.45) is 8.63. The van der Waals surface area contributed by atoms with Crippen LogP contribution in [0, 0.1) is 23.1 Å². The first kappa shape index (κ1) is 21.1. The van der Waals surface area contributed by atoms with E-state index >= 15 is 0 Å². The first-order chi connectivity index (χ1) is 13.8.